The quantitative estimate of drug-likeness (QED) is 0.823. The summed E-state index contributed by atoms with van der Waals surface area (Å²) >= 11 is 0. The van der Waals surface area contributed by atoms with Crippen molar-refractivity contribution in [2.24, 2.45) is 5.92 Å². The van der Waals surface area contributed by atoms with Crippen molar-refractivity contribution in [3.8, 4) is 0 Å². The lowest BCUT2D eigenvalue weighted by Crippen LogP contribution is -2.65. The van der Waals surface area contributed by atoms with Crippen LogP contribution in [0.3, 0.4) is 0 Å². The molecule has 0 aromatic carbocycles. The Kier molecular flexibility index (Phi) is 3.98. The van der Waals surface area contributed by atoms with Crippen LogP contribution in [-0.2, 0) is 9.47 Å². The first kappa shape index (κ1) is 14.4. The molecule has 4 rings (SSSR count). The molecule has 3 fully saturated rings. The fourth-order valence-corrected chi connectivity index (χ4v) is 3.70. The molecule has 3 saturated heterocycles. The highest BCUT2D eigenvalue weighted by Gasteiger charge is 2.47. The Morgan fingerprint density at radius 2 is 1.95 bits per heavy atom. The van der Waals surface area contributed by atoms with E-state index in [1.807, 2.05) is 6.07 Å². The number of morpholine rings is 1. The zero-order valence-corrected chi connectivity index (χ0v) is 13.0. The molecular weight excluding hydrogens is 280 g/mol. The Morgan fingerprint density at radius 1 is 1.18 bits per heavy atom. The highest BCUT2D eigenvalue weighted by atomic mass is 16.5. The van der Waals surface area contributed by atoms with E-state index in [-0.39, 0.29) is 5.60 Å². The third-order valence-corrected chi connectivity index (χ3v) is 5.05. The lowest BCUT2D eigenvalue weighted by atomic mass is 9.83. The van der Waals surface area contributed by atoms with Gasteiger partial charge in [0.15, 0.2) is 0 Å². The van der Waals surface area contributed by atoms with Gasteiger partial charge < -0.3 is 14.4 Å². The van der Waals surface area contributed by atoms with Crippen molar-refractivity contribution in [2.75, 3.05) is 57.4 Å². The van der Waals surface area contributed by atoms with Crippen molar-refractivity contribution in [3.05, 3.63) is 18.5 Å². The first-order valence-corrected chi connectivity index (χ1v) is 8.29. The van der Waals surface area contributed by atoms with Crippen molar-refractivity contribution < 1.29 is 9.47 Å². The van der Waals surface area contributed by atoms with Gasteiger partial charge in [-0.15, -0.1) is 0 Å². The molecule has 120 valence electrons. The van der Waals surface area contributed by atoms with Gasteiger partial charge in [0.25, 0.3) is 0 Å². The maximum absolute atomic E-state index is 6.25. The summed E-state index contributed by atoms with van der Waals surface area (Å²) < 4.78 is 11.7. The lowest BCUT2D eigenvalue weighted by Gasteiger charge is -2.53. The summed E-state index contributed by atoms with van der Waals surface area (Å²) in [5, 5.41) is 0. The van der Waals surface area contributed by atoms with E-state index in [0.29, 0.717) is 5.92 Å². The highest BCUT2D eigenvalue weighted by Crippen LogP contribution is 2.37. The number of nitrogens with zero attached hydrogens (tertiary/aromatic N) is 4. The molecule has 3 aliphatic heterocycles. The van der Waals surface area contributed by atoms with E-state index >= 15 is 0 Å². The van der Waals surface area contributed by atoms with E-state index in [9.17, 15) is 0 Å². The van der Waals surface area contributed by atoms with Crippen molar-refractivity contribution in [1.29, 1.82) is 0 Å². The van der Waals surface area contributed by atoms with E-state index in [0.717, 1.165) is 64.9 Å². The summed E-state index contributed by atoms with van der Waals surface area (Å²) in [7, 11) is 0. The Labute approximate surface area is 131 Å². The van der Waals surface area contributed by atoms with Crippen molar-refractivity contribution in [3.63, 3.8) is 0 Å². The van der Waals surface area contributed by atoms with E-state index in [2.05, 4.69) is 19.8 Å². The zero-order chi connectivity index (χ0) is 14.8. The normalized spacial score (nSPS) is 28.5. The van der Waals surface area contributed by atoms with Crippen LogP contribution in [0.4, 0.5) is 5.95 Å². The molecular formula is C16H24N4O2. The van der Waals surface area contributed by atoms with E-state index in [4.69, 9.17) is 9.47 Å². The summed E-state index contributed by atoms with van der Waals surface area (Å²) in [6, 6.07) is 1.85. The van der Waals surface area contributed by atoms with Gasteiger partial charge in [-0.1, -0.05) is 0 Å². The van der Waals surface area contributed by atoms with Crippen molar-refractivity contribution >= 4 is 5.95 Å². The van der Waals surface area contributed by atoms with Gasteiger partial charge >= 0.3 is 0 Å². The van der Waals surface area contributed by atoms with Crippen LogP contribution in [0.5, 0.6) is 0 Å². The summed E-state index contributed by atoms with van der Waals surface area (Å²) in [4.78, 5) is 13.3. The lowest BCUT2D eigenvalue weighted by molar-refractivity contribution is -0.121. The van der Waals surface area contributed by atoms with Gasteiger partial charge in [0.05, 0.1) is 32.9 Å². The minimum atomic E-state index is 0.0563. The van der Waals surface area contributed by atoms with Gasteiger partial charge in [-0.3, -0.25) is 4.90 Å². The molecule has 0 amide bonds. The van der Waals surface area contributed by atoms with Gasteiger partial charge in [-0.2, -0.15) is 0 Å². The van der Waals surface area contributed by atoms with Crippen LogP contribution in [0, 0.1) is 5.92 Å². The first-order valence-electron chi connectivity index (χ1n) is 8.29. The fraction of sp³-hybridized carbons (Fsp3) is 0.750. The van der Waals surface area contributed by atoms with Gasteiger partial charge in [0.2, 0.25) is 5.95 Å². The molecule has 1 atom stereocenters. The maximum atomic E-state index is 6.25. The summed E-state index contributed by atoms with van der Waals surface area (Å²) in [6.07, 6.45) is 6.02. The number of rotatable bonds is 3. The largest absolute Gasteiger partial charge is 0.379 e. The molecule has 1 aromatic heterocycles. The van der Waals surface area contributed by atoms with Crippen LogP contribution in [0.25, 0.3) is 0 Å². The number of aromatic nitrogens is 2. The smallest absolute Gasteiger partial charge is 0.225 e. The van der Waals surface area contributed by atoms with Crippen molar-refractivity contribution in [2.45, 2.75) is 18.4 Å². The molecule has 0 N–H and O–H groups in total. The van der Waals surface area contributed by atoms with Crippen LogP contribution in [0.15, 0.2) is 18.5 Å². The molecule has 22 heavy (non-hydrogen) atoms. The van der Waals surface area contributed by atoms with Gasteiger partial charge in [-0.05, 0) is 24.8 Å². The molecule has 1 spiro atoms. The number of hydrogen-bond acceptors (Lipinski definition) is 6. The maximum Gasteiger partial charge on any atom is 0.225 e. The van der Waals surface area contributed by atoms with Crippen LogP contribution in [0.2, 0.25) is 0 Å². The molecule has 0 unspecified atom stereocenters. The number of hydrogen-bond donors (Lipinski definition) is 0. The Bertz CT molecular complexity index is 476. The molecule has 0 radical (unpaired) electrons. The third-order valence-electron chi connectivity index (χ3n) is 5.05. The monoisotopic (exact) mass is 304 g/mol. The molecule has 0 aliphatic carbocycles. The second kappa shape index (κ2) is 6.10. The highest BCUT2D eigenvalue weighted by molar-refractivity contribution is 5.36. The number of anilines is 1. The molecule has 6 nitrogen and oxygen atoms in total. The zero-order valence-electron chi connectivity index (χ0n) is 13.0. The molecule has 0 saturated carbocycles. The molecule has 6 heteroatoms. The predicted molar refractivity (Wildman–Crippen MR) is 82.9 cm³/mol. The van der Waals surface area contributed by atoms with Crippen LogP contribution in [-0.4, -0.2) is 73.0 Å². The minimum Gasteiger partial charge on any atom is -0.379 e. The standard InChI is InChI=1S/C16H24N4O2/c1-4-17-15(18-5-1)20-12-16(13-20)3-2-14(11-22-16)10-19-6-8-21-9-7-19/h1,4-5,14H,2-3,6-13H2/t14-/m1/s1. The molecule has 3 aliphatic rings. The Balaban J connectivity index is 1.25. The van der Waals surface area contributed by atoms with Gasteiger partial charge in [0, 0.05) is 32.0 Å². The fourth-order valence-electron chi connectivity index (χ4n) is 3.70. The van der Waals surface area contributed by atoms with Gasteiger partial charge in [0.1, 0.15) is 5.60 Å². The minimum absolute atomic E-state index is 0.0563. The average Bonchev–Trinajstić information content (AvgIpc) is 2.55. The van der Waals surface area contributed by atoms with Crippen LogP contribution >= 0.6 is 0 Å². The van der Waals surface area contributed by atoms with E-state index < -0.39 is 0 Å². The Morgan fingerprint density at radius 3 is 2.64 bits per heavy atom. The summed E-state index contributed by atoms with van der Waals surface area (Å²) in [5.41, 5.74) is 0.0563. The third kappa shape index (κ3) is 2.95. The summed E-state index contributed by atoms with van der Waals surface area (Å²) in [6.45, 7) is 7.81. The van der Waals surface area contributed by atoms with Crippen molar-refractivity contribution in [1.82, 2.24) is 14.9 Å². The molecule has 4 heterocycles. The average molecular weight is 304 g/mol. The first-order chi connectivity index (χ1) is 10.8. The molecule has 0 bridgehead atoms. The SMILES string of the molecule is c1cnc(N2CC3(CC[C@H](CN4CCOCC4)CO3)C2)nc1. The molecule has 1 aromatic rings. The van der Waals surface area contributed by atoms with Gasteiger partial charge in [-0.25, -0.2) is 9.97 Å². The van der Waals surface area contributed by atoms with E-state index in [1.165, 1.54) is 6.42 Å². The Hall–Kier alpha value is -1.24. The predicted octanol–water partition coefficient (Wildman–Crippen LogP) is 0.794. The summed E-state index contributed by atoms with van der Waals surface area (Å²) in [5.74, 6) is 1.50. The second-order valence-corrected chi connectivity index (χ2v) is 6.72. The van der Waals surface area contributed by atoms with Crippen LogP contribution in [0.1, 0.15) is 12.8 Å². The van der Waals surface area contributed by atoms with Crippen LogP contribution < -0.4 is 4.90 Å². The number of ether oxygens (including phenoxy) is 2. The van der Waals surface area contributed by atoms with E-state index in [1.54, 1.807) is 12.4 Å². The topological polar surface area (TPSA) is 50.7 Å². The second-order valence-electron chi connectivity index (χ2n) is 6.72.